The predicted molar refractivity (Wildman–Crippen MR) is 112 cm³/mol. The highest BCUT2D eigenvalue weighted by Crippen LogP contribution is 2.28. The lowest BCUT2D eigenvalue weighted by Gasteiger charge is -2.38. The molecule has 160 valence electrons. The Hall–Kier alpha value is -3.82. The zero-order chi connectivity index (χ0) is 22.0. The van der Waals surface area contributed by atoms with Crippen molar-refractivity contribution >= 4 is 29.2 Å². The van der Waals surface area contributed by atoms with Crippen LogP contribution in [0.4, 0.5) is 32.1 Å². The van der Waals surface area contributed by atoms with E-state index in [4.69, 9.17) is 4.74 Å². The van der Waals surface area contributed by atoms with Gasteiger partial charge in [-0.15, -0.1) is 0 Å². The van der Waals surface area contributed by atoms with Gasteiger partial charge in [0.1, 0.15) is 12.4 Å². The van der Waals surface area contributed by atoms with E-state index in [-0.39, 0.29) is 17.8 Å². The number of ether oxygens (including phenoxy) is 1. The topological polar surface area (TPSA) is 92.3 Å². The maximum atomic E-state index is 13.7. The third-order valence-electron chi connectivity index (χ3n) is 4.78. The SMILES string of the molecule is CC(=O)Nc1cccc(Nc2ncnc(N3CC(Oc4c(F)cccc4F)C3)n2)c1C. The van der Waals surface area contributed by atoms with Gasteiger partial charge >= 0.3 is 0 Å². The van der Waals surface area contributed by atoms with E-state index in [0.29, 0.717) is 30.7 Å². The van der Waals surface area contributed by atoms with Crippen molar-refractivity contribution in [3.63, 3.8) is 0 Å². The van der Waals surface area contributed by atoms with Crippen LogP contribution >= 0.6 is 0 Å². The minimum absolute atomic E-state index is 0.160. The molecule has 1 saturated heterocycles. The van der Waals surface area contributed by atoms with Crippen LogP contribution in [0.3, 0.4) is 0 Å². The van der Waals surface area contributed by atoms with E-state index in [1.165, 1.54) is 19.3 Å². The second kappa shape index (κ2) is 8.50. The van der Waals surface area contributed by atoms with Crippen LogP contribution in [0.2, 0.25) is 0 Å². The molecule has 31 heavy (non-hydrogen) atoms. The summed E-state index contributed by atoms with van der Waals surface area (Å²) in [5.74, 6) is -1.25. The zero-order valence-electron chi connectivity index (χ0n) is 16.9. The summed E-state index contributed by atoms with van der Waals surface area (Å²) in [4.78, 5) is 25.9. The van der Waals surface area contributed by atoms with Crippen LogP contribution < -0.4 is 20.3 Å². The normalized spacial score (nSPS) is 13.5. The van der Waals surface area contributed by atoms with Crippen LogP contribution in [0.15, 0.2) is 42.7 Å². The molecule has 0 saturated carbocycles. The quantitative estimate of drug-likeness (QED) is 0.624. The largest absolute Gasteiger partial charge is 0.481 e. The van der Waals surface area contributed by atoms with Crippen LogP contribution in [0.5, 0.6) is 5.75 Å². The second-order valence-corrected chi connectivity index (χ2v) is 7.09. The molecule has 1 aliphatic heterocycles. The van der Waals surface area contributed by atoms with Gasteiger partial charge in [0.2, 0.25) is 17.8 Å². The van der Waals surface area contributed by atoms with Crippen molar-refractivity contribution in [3.8, 4) is 5.75 Å². The Balaban J connectivity index is 1.42. The molecule has 10 heteroatoms. The average Bonchev–Trinajstić information content (AvgIpc) is 2.69. The first-order valence-corrected chi connectivity index (χ1v) is 9.59. The Morgan fingerprint density at radius 1 is 1.10 bits per heavy atom. The second-order valence-electron chi connectivity index (χ2n) is 7.09. The van der Waals surface area contributed by atoms with Crippen molar-refractivity contribution in [1.29, 1.82) is 0 Å². The number of nitrogens with one attached hydrogen (secondary N) is 2. The van der Waals surface area contributed by atoms with Gasteiger partial charge < -0.3 is 20.3 Å². The van der Waals surface area contributed by atoms with Gasteiger partial charge in [-0.2, -0.15) is 4.98 Å². The van der Waals surface area contributed by atoms with Crippen molar-refractivity contribution in [1.82, 2.24) is 15.0 Å². The Morgan fingerprint density at radius 3 is 2.48 bits per heavy atom. The fourth-order valence-corrected chi connectivity index (χ4v) is 3.15. The van der Waals surface area contributed by atoms with Gasteiger partial charge in [-0.1, -0.05) is 12.1 Å². The maximum Gasteiger partial charge on any atom is 0.232 e. The third kappa shape index (κ3) is 4.52. The molecule has 0 spiro atoms. The molecule has 1 amide bonds. The molecule has 0 atom stereocenters. The molecular formula is C21H20F2N6O2. The van der Waals surface area contributed by atoms with Gasteiger partial charge in [-0.05, 0) is 36.8 Å². The highest BCUT2D eigenvalue weighted by Gasteiger charge is 2.32. The minimum Gasteiger partial charge on any atom is -0.481 e. The molecule has 1 aromatic heterocycles. The molecule has 1 fully saturated rings. The first-order chi connectivity index (χ1) is 14.9. The smallest absolute Gasteiger partial charge is 0.232 e. The van der Waals surface area contributed by atoms with Crippen LogP contribution in [-0.2, 0) is 4.79 Å². The summed E-state index contributed by atoms with van der Waals surface area (Å²) in [5.41, 5.74) is 2.27. The van der Waals surface area contributed by atoms with Crippen molar-refractivity contribution in [2.24, 2.45) is 0 Å². The summed E-state index contributed by atoms with van der Waals surface area (Å²) in [6.07, 6.45) is 0.999. The molecule has 1 aliphatic rings. The monoisotopic (exact) mass is 426 g/mol. The molecular weight excluding hydrogens is 406 g/mol. The van der Waals surface area contributed by atoms with Gasteiger partial charge in [0.25, 0.3) is 0 Å². The maximum absolute atomic E-state index is 13.7. The fourth-order valence-electron chi connectivity index (χ4n) is 3.15. The van der Waals surface area contributed by atoms with E-state index in [9.17, 15) is 13.6 Å². The molecule has 0 aliphatic carbocycles. The number of halogens is 2. The Morgan fingerprint density at radius 2 is 1.77 bits per heavy atom. The lowest BCUT2D eigenvalue weighted by molar-refractivity contribution is -0.114. The summed E-state index contributed by atoms with van der Waals surface area (Å²) in [5, 5.41) is 5.90. The summed E-state index contributed by atoms with van der Waals surface area (Å²) >= 11 is 0. The summed E-state index contributed by atoms with van der Waals surface area (Å²) in [7, 11) is 0. The van der Waals surface area contributed by atoms with Crippen molar-refractivity contribution < 1.29 is 18.3 Å². The molecule has 0 bridgehead atoms. The number of para-hydroxylation sites is 1. The number of benzene rings is 2. The summed E-state index contributed by atoms with van der Waals surface area (Å²) < 4.78 is 32.9. The predicted octanol–water partition coefficient (Wildman–Crippen LogP) is 3.43. The third-order valence-corrected chi connectivity index (χ3v) is 4.78. The number of carbonyl (C=O) groups is 1. The van der Waals surface area contributed by atoms with Crippen LogP contribution in [-0.4, -0.2) is 40.1 Å². The number of amides is 1. The van der Waals surface area contributed by atoms with Crippen LogP contribution in [0.25, 0.3) is 0 Å². The fraction of sp³-hybridized carbons (Fsp3) is 0.238. The molecule has 8 nitrogen and oxygen atoms in total. The first-order valence-electron chi connectivity index (χ1n) is 9.59. The molecule has 3 aromatic rings. The van der Waals surface area contributed by atoms with Gasteiger partial charge in [0.15, 0.2) is 17.4 Å². The molecule has 4 rings (SSSR count). The van der Waals surface area contributed by atoms with Crippen molar-refractivity contribution in [3.05, 3.63) is 59.9 Å². The average molecular weight is 426 g/mol. The standard InChI is InChI=1S/C21H20F2N6O2/c1-12-17(26-13(2)30)7-4-8-18(12)27-20-24-11-25-21(28-20)29-9-14(10-29)31-19-15(22)5-3-6-16(19)23/h3-8,11,14H,9-10H2,1-2H3,(H,26,30)(H,24,25,27,28). The molecule has 2 aromatic carbocycles. The van der Waals surface area contributed by atoms with E-state index in [1.54, 1.807) is 6.07 Å². The minimum atomic E-state index is -0.734. The first kappa shape index (κ1) is 20.5. The Labute approximate surface area is 177 Å². The molecule has 2 N–H and O–H groups in total. The van der Waals surface area contributed by atoms with E-state index in [1.807, 2.05) is 24.0 Å². The van der Waals surface area contributed by atoms with E-state index >= 15 is 0 Å². The number of nitrogens with zero attached hydrogens (tertiary/aromatic N) is 4. The van der Waals surface area contributed by atoms with Crippen molar-refractivity contribution in [2.75, 3.05) is 28.6 Å². The summed E-state index contributed by atoms with van der Waals surface area (Å²) in [6.45, 7) is 4.08. The Kier molecular flexibility index (Phi) is 5.61. The highest BCUT2D eigenvalue weighted by molar-refractivity contribution is 5.90. The van der Waals surface area contributed by atoms with Crippen LogP contribution in [0, 0.1) is 18.6 Å². The number of anilines is 4. The number of rotatable bonds is 6. The van der Waals surface area contributed by atoms with Gasteiger partial charge in [0, 0.05) is 18.3 Å². The van der Waals surface area contributed by atoms with Gasteiger partial charge in [0.05, 0.1) is 13.1 Å². The molecule has 0 unspecified atom stereocenters. The van der Waals surface area contributed by atoms with Gasteiger partial charge in [-0.3, -0.25) is 4.79 Å². The van der Waals surface area contributed by atoms with Gasteiger partial charge in [-0.25, -0.2) is 18.7 Å². The highest BCUT2D eigenvalue weighted by atomic mass is 19.1. The summed E-state index contributed by atoms with van der Waals surface area (Å²) in [6, 6.07) is 9.06. The van der Waals surface area contributed by atoms with Crippen molar-refractivity contribution in [2.45, 2.75) is 20.0 Å². The number of hydrogen-bond acceptors (Lipinski definition) is 7. The number of aromatic nitrogens is 3. The van der Waals surface area contributed by atoms with E-state index in [2.05, 4.69) is 25.6 Å². The number of carbonyl (C=O) groups excluding carboxylic acids is 1. The lowest BCUT2D eigenvalue weighted by Crippen LogP contribution is -2.54. The molecule has 2 heterocycles. The van der Waals surface area contributed by atoms with E-state index < -0.39 is 11.6 Å². The molecule has 0 radical (unpaired) electrons. The number of hydrogen-bond donors (Lipinski definition) is 2. The zero-order valence-corrected chi connectivity index (χ0v) is 16.9. The van der Waals surface area contributed by atoms with E-state index in [0.717, 1.165) is 23.4 Å². The lowest BCUT2D eigenvalue weighted by atomic mass is 10.1. The van der Waals surface area contributed by atoms with Crippen LogP contribution in [0.1, 0.15) is 12.5 Å². The Bertz CT molecular complexity index is 1100.